The van der Waals surface area contributed by atoms with Gasteiger partial charge in [0.15, 0.2) is 4.34 Å². The number of thioether (sulfide) groups is 1. The lowest BCUT2D eigenvalue weighted by atomic mass is 10.2. The van der Waals surface area contributed by atoms with Crippen molar-refractivity contribution >= 4 is 49.8 Å². The van der Waals surface area contributed by atoms with Gasteiger partial charge in [0.1, 0.15) is 18.0 Å². The van der Waals surface area contributed by atoms with E-state index >= 15 is 0 Å². The third-order valence-electron chi connectivity index (χ3n) is 5.19. The summed E-state index contributed by atoms with van der Waals surface area (Å²) in [4.78, 5) is 13.1. The van der Waals surface area contributed by atoms with Gasteiger partial charge in [-0.05, 0) is 61.4 Å². The van der Waals surface area contributed by atoms with Crippen molar-refractivity contribution in [1.82, 2.24) is 10.2 Å². The highest BCUT2D eigenvalue weighted by atomic mass is 32.2. The van der Waals surface area contributed by atoms with Gasteiger partial charge in [-0.1, -0.05) is 72.8 Å². The molecule has 1 amide bonds. The van der Waals surface area contributed by atoms with Crippen molar-refractivity contribution in [2.75, 3.05) is 21.9 Å². The molecule has 8 nitrogen and oxygen atoms in total. The van der Waals surface area contributed by atoms with E-state index in [1.54, 1.807) is 48.2 Å². The second-order valence-electron chi connectivity index (χ2n) is 8.86. The minimum atomic E-state index is -4.05. The summed E-state index contributed by atoms with van der Waals surface area (Å²) >= 11 is 2.83. The number of aryl methyl sites for hydroxylation is 1. The van der Waals surface area contributed by atoms with Crippen LogP contribution >= 0.6 is 23.1 Å². The van der Waals surface area contributed by atoms with Crippen molar-refractivity contribution < 1.29 is 17.9 Å². The Morgan fingerprint density at radius 1 is 0.974 bits per heavy atom. The summed E-state index contributed by atoms with van der Waals surface area (Å²) < 4.78 is 34.9. The Balaban J connectivity index is 1.56. The SMILES string of the molecule is Cc1ccc(S(=O)(=O)N(CC(=O)Nc2nnc(SCC(C)C)s2)c2ccc(Oc3ccccc3)cc2)cc1. The second kappa shape index (κ2) is 12.4. The molecule has 0 unspecified atom stereocenters. The van der Waals surface area contributed by atoms with E-state index in [4.69, 9.17) is 4.74 Å². The number of benzene rings is 3. The second-order valence-corrected chi connectivity index (χ2v) is 13.0. The monoisotopic (exact) mass is 568 g/mol. The molecule has 0 aliphatic heterocycles. The van der Waals surface area contributed by atoms with Crippen LogP contribution in [0.2, 0.25) is 0 Å². The van der Waals surface area contributed by atoms with Crippen LogP contribution < -0.4 is 14.4 Å². The van der Waals surface area contributed by atoms with Gasteiger partial charge in [0.05, 0.1) is 10.6 Å². The summed E-state index contributed by atoms with van der Waals surface area (Å²) in [5.41, 5.74) is 1.25. The Morgan fingerprint density at radius 3 is 2.29 bits per heavy atom. The van der Waals surface area contributed by atoms with Crippen LogP contribution in [-0.2, 0) is 14.8 Å². The fourth-order valence-corrected chi connectivity index (χ4v) is 6.47. The summed E-state index contributed by atoms with van der Waals surface area (Å²) in [5.74, 6) is 2.05. The van der Waals surface area contributed by atoms with E-state index < -0.39 is 22.5 Å². The van der Waals surface area contributed by atoms with Crippen molar-refractivity contribution in [2.24, 2.45) is 5.92 Å². The van der Waals surface area contributed by atoms with Gasteiger partial charge in [0.2, 0.25) is 11.0 Å². The highest BCUT2D eigenvalue weighted by Crippen LogP contribution is 2.29. The van der Waals surface area contributed by atoms with Crippen molar-refractivity contribution in [3.05, 3.63) is 84.4 Å². The average molecular weight is 569 g/mol. The number of nitrogens with one attached hydrogen (secondary N) is 1. The fraction of sp³-hybridized carbons (Fsp3) is 0.222. The van der Waals surface area contributed by atoms with Gasteiger partial charge >= 0.3 is 0 Å². The fourth-order valence-electron chi connectivity index (χ4n) is 3.30. The van der Waals surface area contributed by atoms with Gasteiger partial charge in [0, 0.05) is 5.75 Å². The lowest BCUT2D eigenvalue weighted by molar-refractivity contribution is -0.114. The largest absolute Gasteiger partial charge is 0.457 e. The van der Waals surface area contributed by atoms with E-state index in [2.05, 4.69) is 29.4 Å². The molecule has 4 aromatic rings. The van der Waals surface area contributed by atoms with Crippen LogP contribution in [0, 0.1) is 12.8 Å². The van der Waals surface area contributed by atoms with Crippen LogP contribution in [-0.4, -0.2) is 36.8 Å². The highest BCUT2D eigenvalue weighted by Gasteiger charge is 2.27. The molecule has 4 rings (SSSR count). The first kappa shape index (κ1) is 27.6. The minimum absolute atomic E-state index is 0.0869. The molecule has 0 aliphatic carbocycles. The third-order valence-corrected chi connectivity index (χ3v) is 9.38. The van der Waals surface area contributed by atoms with E-state index in [1.807, 2.05) is 37.3 Å². The zero-order chi connectivity index (χ0) is 27.1. The number of ether oxygens (including phenoxy) is 1. The van der Waals surface area contributed by atoms with Crippen LogP contribution in [0.25, 0.3) is 0 Å². The van der Waals surface area contributed by atoms with Crippen LogP contribution in [0.3, 0.4) is 0 Å². The van der Waals surface area contributed by atoms with Crippen LogP contribution in [0.4, 0.5) is 10.8 Å². The molecule has 0 atom stereocenters. The molecule has 0 bridgehead atoms. The number of para-hydroxylation sites is 1. The summed E-state index contributed by atoms with van der Waals surface area (Å²) in [6.07, 6.45) is 0. The van der Waals surface area contributed by atoms with Gasteiger partial charge in [0.25, 0.3) is 10.0 Å². The molecule has 0 fully saturated rings. The summed E-state index contributed by atoms with van der Waals surface area (Å²) in [7, 11) is -4.05. The van der Waals surface area contributed by atoms with E-state index in [0.717, 1.165) is 20.0 Å². The van der Waals surface area contributed by atoms with Gasteiger partial charge in [-0.15, -0.1) is 10.2 Å². The molecule has 3 aromatic carbocycles. The Bertz CT molecular complexity index is 1460. The Morgan fingerprint density at radius 2 is 1.63 bits per heavy atom. The maximum absolute atomic E-state index is 13.6. The molecule has 198 valence electrons. The van der Waals surface area contributed by atoms with Crippen molar-refractivity contribution in [1.29, 1.82) is 0 Å². The zero-order valence-corrected chi connectivity index (χ0v) is 23.6. The molecule has 1 heterocycles. The summed E-state index contributed by atoms with van der Waals surface area (Å²) in [5, 5.41) is 11.1. The molecular weight excluding hydrogens is 541 g/mol. The number of hydrogen-bond acceptors (Lipinski definition) is 8. The zero-order valence-electron chi connectivity index (χ0n) is 21.2. The predicted octanol–water partition coefficient (Wildman–Crippen LogP) is 6.22. The smallest absolute Gasteiger partial charge is 0.264 e. The molecule has 0 saturated carbocycles. The van der Waals surface area contributed by atoms with E-state index in [-0.39, 0.29) is 4.90 Å². The number of carbonyl (C=O) groups is 1. The van der Waals surface area contributed by atoms with Crippen molar-refractivity contribution in [3.8, 4) is 11.5 Å². The lowest BCUT2D eigenvalue weighted by Crippen LogP contribution is -2.38. The van der Waals surface area contributed by atoms with E-state index in [0.29, 0.717) is 28.2 Å². The first-order valence-corrected chi connectivity index (χ1v) is 15.1. The normalized spacial score (nSPS) is 11.4. The number of sulfonamides is 1. The standard InChI is InChI=1S/C27H28N4O4S3/c1-19(2)18-36-27-30-29-26(37-27)28-25(32)17-31(38(33,34)24-15-9-20(3)10-16-24)21-11-13-23(14-12-21)35-22-7-5-4-6-8-22/h4-16,19H,17-18H2,1-3H3,(H,28,29,32). The van der Waals surface area contributed by atoms with Gasteiger partial charge < -0.3 is 4.74 Å². The van der Waals surface area contributed by atoms with Crippen LogP contribution in [0.1, 0.15) is 19.4 Å². The quantitative estimate of drug-likeness (QED) is 0.169. The average Bonchev–Trinajstić information content (AvgIpc) is 3.34. The Kier molecular flexibility index (Phi) is 9.03. The van der Waals surface area contributed by atoms with Crippen LogP contribution in [0.15, 0.2) is 88.1 Å². The first-order chi connectivity index (χ1) is 18.2. The first-order valence-electron chi connectivity index (χ1n) is 11.9. The third kappa shape index (κ3) is 7.33. The van der Waals surface area contributed by atoms with Gasteiger partial charge in [-0.25, -0.2) is 8.42 Å². The van der Waals surface area contributed by atoms with E-state index in [1.165, 1.54) is 23.5 Å². The number of aromatic nitrogens is 2. The molecule has 0 spiro atoms. The van der Waals surface area contributed by atoms with Crippen LogP contribution in [0.5, 0.6) is 11.5 Å². The Labute approximate surface area is 231 Å². The molecular formula is C27H28N4O4S3. The maximum atomic E-state index is 13.6. The Hall–Kier alpha value is -3.41. The predicted molar refractivity (Wildman–Crippen MR) is 153 cm³/mol. The lowest BCUT2D eigenvalue weighted by Gasteiger charge is -2.24. The van der Waals surface area contributed by atoms with Crippen molar-refractivity contribution in [3.63, 3.8) is 0 Å². The summed E-state index contributed by atoms with van der Waals surface area (Å²) in [6, 6.07) is 22.3. The molecule has 1 N–H and O–H groups in total. The maximum Gasteiger partial charge on any atom is 0.264 e. The van der Waals surface area contributed by atoms with Gasteiger partial charge in [-0.2, -0.15) is 0 Å². The minimum Gasteiger partial charge on any atom is -0.457 e. The topological polar surface area (TPSA) is 101 Å². The van der Waals surface area contributed by atoms with Gasteiger partial charge in [-0.3, -0.25) is 14.4 Å². The number of hydrogen-bond donors (Lipinski definition) is 1. The molecule has 1 aromatic heterocycles. The number of amides is 1. The molecule has 11 heteroatoms. The summed E-state index contributed by atoms with van der Waals surface area (Å²) in [6.45, 7) is 5.66. The number of nitrogens with zero attached hydrogens (tertiary/aromatic N) is 3. The number of anilines is 2. The molecule has 0 radical (unpaired) electrons. The number of carbonyl (C=O) groups excluding carboxylic acids is 1. The highest BCUT2D eigenvalue weighted by molar-refractivity contribution is 8.01. The molecule has 38 heavy (non-hydrogen) atoms. The number of rotatable bonds is 11. The van der Waals surface area contributed by atoms with Crippen molar-refractivity contribution in [2.45, 2.75) is 30.0 Å². The molecule has 0 aliphatic rings. The molecule has 0 saturated heterocycles. The van der Waals surface area contributed by atoms with E-state index in [9.17, 15) is 13.2 Å².